The van der Waals surface area contributed by atoms with Crippen LogP contribution in [0.4, 0.5) is 4.79 Å². The summed E-state index contributed by atoms with van der Waals surface area (Å²) in [6.45, 7) is 16.4. The molecular formula is C68H101N7O20. The second-order valence-corrected chi connectivity index (χ2v) is 28.5. The van der Waals surface area contributed by atoms with Crippen LogP contribution < -0.4 is 27.0 Å². The van der Waals surface area contributed by atoms with Gasteiger partial charge in [-0.15, -0.1) is 0 Å². The first kappa shape index (κ1) is 71.2. The number of imide groups is 1. The maximum atomic E-state index is 14.6. The minimum Gasteiger partial charge on any atom is -0.391 e. The number of nitrogens with two attached hydrogens (primary N) is 1. The Balaban J connectivity index is 0.704. The van der Waals surface area contributed by atoms with Crippen LogP contribution in [0.25, 0.3) is 0 Å². The average Bonchev–Trinajstić information content (AvgIpc) is 1.55. The van der Waals surface area contributed by atoms with E-state index in [1.54, 1.807) is 21.0 Å². The van der Waals surface area contributed by atoms with Gasteiger partial charge < -0.3 is 84.2 Å². The molecule has 12 heterocycles. The van der Waals surface area contributed by atoms with Crippen molar-refractivity contribution < 1.29 is 95.6 Å². The van der Waals surface area contributed by atoms with E-state index in [-0.39, 0.29) is 157 Å². The van der Waals surface area contributed by atoms with Gasteiger partial charge in [-0.3, -0.25) is 43.4 Å². The molecule has 0 aromatic rings. The predicted octanol–water partition coefficient (Wildman–Crippen LogP) is 1.91. The van der Waals surface area contributed by atoms with Gasteiger partial charge in [-0.2, -0.15) is 0 Å². The number of methoxy groups -OCH3 is 1. The summed E-state index contributed by atoms with van der Waals surface area (Å²) < 4.78 is 72.7. The van der Waals surface area contributed by atoms with Crippen LogP contribution in [0.3, 0.4) is 0 Å². The van der Waals surface area contributed by atoms with Crippen molar-refractivity contribution in [1.82, 2.24) is 31.1 Å². The van der Waals surface area contributed by atoms with E-state index in [2.05, 4.69) is 41.3 Å². The van der Waals surface area contributed by atoms with Gasteiger partial charge in [-0.25, -0.2) is 4.79 Å². The Bertz CT molecular complexity index is 2810. The Hall–Kier alpha value is -5.14. The predicted molar refractivity (Wildman–Crippen MR) is 337 cm³/mol. The van der Waals surface area contributed by atoms with Gasteiger partial charge in [0.2, 0.25) is 17.7 Å². The van der Waals surface area contributed by atoms with Crippen LogP contribution in [-0.2, 0) is 85.7 Å². The largest absolute Gasteiger partial charge is 0.391 e. The summed E-state index contributed by atoms with van der Waals surface area (Å²) in [6.07, 6.45) is 3.26. The summed E-state index contributed by atoms with van der Waals surface area (Å²) in [4.78, 5) is 108. The van der Waals surface area contributed by atoms with E-state index < -0.39 is 120 Å². The molecule has 21 atom stereocenters. The quantitative estimate of drug-likeness (QED) is 0.0543. The molecule has 11 fully saturated rings. The monoisotopic (exact) mass is 1340 g/mol. The van der Waals surface area contributed by atoms with Gasteiger partial charge in [-0.05, 0) is 80.8 Å². The van der Waals surface area contributed by atoms with E-state index in [1.807, 2.05) is 4.90 Å². The number of urea groups is 1. The van der Waals surface area contributed by atoms with Gasteiger partial charge in [0.15, 0.2) is 5.79 Å². The summed E-state index contributed by atoms with van der Waals surface area (Å²) in [5.74, 6) is -4.93. The van der Waals surface area contributed by atoms with Crippen molar-refractivity contribution in [1.29, 1.82) is 0 Å². The molecule has 12 aliphatic rings. The number of carbonyl (C=O) groups is 8. The van der Waals surface area contributed by atoms with Gasteiger partial charge in [0, 0.05) is 116 Å². The summed E-state index contributed by atoms with van der Waals surface area (Å²) in [7, 11) is 1.57. The van der Waals surface area contributed by atoms with Gasteiger partial charge >= 0.3 is 6.03 Å². The Morgan fingerprint density at radius 2 is 1.45 bits per heavy atom. The van der Waals surface area contributed by atoms with Crippen molar-refractivity contribution in [3.63, 3.8) is 0 Å². The fourth-order valence-corrected chi connectivity index (χ4v) is 16.2. The number of aliphatic hydroxyl groups excluding tert-OH is 1. The number of ether oxygens (including phenoxy) is 11. The average molecular weight is 1340 g/mol. The fourth-order valence-electron chi connectivity index (χ4n) is 16.2. The van der Waals surface area contributed by atoms with Crippen LogP contribution in [0.2, 0.25) is 0 Å². The van der Waals surface area contributed by atoms with Crippen LogP contribution in [0, 0.1) is 23.7 Å². The van der Waals surface area contributed by atoms with Crippen molar-refractivity contribution in [3.05, 3.63) is 36.5 Å². The van der Waals surface area contributed by atoms with E-state index in [1.165, 1.54) is 12.2 Å². The van der Waals surface area contributed by atoms with Crippen molar-refractivity contribution >= 4 is 47.1 Å². The molecule has 0 aliphatic carbocycles. The highest BCUT2D eigenvalue weighted by Gasteiger charge is 2.69. The summed E-state index contributed by atoms with van der Waals surface area (Å²) in [6, 6.07) is -2.96. The number of Topliss-reactive ketones (excluding diaryl/α,β-unsaturated/α-hetero) is 2. The van der Waals surface area contributed by atoms with E-state index in [9.17, 15) is 43.5 Å². The lowest BCUT2D eigenvalue weighted by molar-refractivity contribution is -0.292. The molecule has 12 bridgehead atoms. The van der Waals surface area contributed by atoms with E-state index >= 15 is 0 Å². The molecule has 0 saturated carbocycles. The second-order valence-electron chi connectivity index (χ2n) is 28.5. The number of rotatable bonds is 21. The van der Waals surface area contributed by atoms with Gasteiger partial charge in [0.1, 0.15) is 54.2 Å². The van der Waals surface area contributed by atoms with Crippen LogP contribution in [0.1, 0.15) is 130 Å². The first-order chi connectivity index (χ1) is 45.6. The molecule has 0 radical (unpaired) electrons. The number of ketones is 2. The number of fused-ring (bicyclic) bond motifs is 6. The number of amides is 7. The molecule has 0 aromatic heterocycles. The van der Waals surface area contributed by atoms with E-state index in [4.69, 9.17) is 57.8 Å². The van der Waals surface area contributed by atoms with Gasteiger partial charge in [-0.1, -0.05) is 33.9 Å². The molecule has 0 aromatic carbocycles. The second kappa shape index (κ2) is 31.8. The van der Waals surface area contributed by atoms with E-state index in [0.29, 0.717) is 51.7 Å². The standard InChI is InChI=1S/C68H101N7O20/c1-36(2)58(73-55(79)17-20-74-22-24-86-34-40(35-87-25-23-74)48(78)16-21-75-56(80)13-14-57(75)81)66(83)72-47(8-7-19-70-67(69)84)65(82)71-33-42(77)30-53-59(85-6)46-29-41(76)28-44-10-12-50-60(90-44)64-63-62(92-50)61-54(93-63)32-68(94-61,95-64)18-15-45-27-38(4)49(88-45)11-9-43-26-37(3)39(5)51(89-43)31-52(46)91-53/h13-14,36-37,40,42-47,49-54,58-64,77H,4-5,7-12,15-35H2,1-3,6H3,(H,71,82)(H,72,83)(H,73,79)(H3,69,70,84)/t37-,42+,43+,44-,45+,46+,47+,49+,50+,51-,52+,53-,54-,58+,59-,60+,61+,62?,63?,64+,68+/m1/s1. The normalized spacial score (nSPS) is 37.1. The van der Waals surface area contributed by atoms with Crippen LogP contribution in [-0.4, -0.2) is 250 Å². The van der Waals surface area contributed by atoms with Crippen LogP contribution in [0.15, 0.2) is 36.5 Å². The minimum atomic E-state index is -1.18. The number of hydrogen-bond donors (Lipinski definition) is 6. The van der Waals surface area contributed by atoms with Crippen molar-refractivity contribution in [2.45, 2.75) is 245 Å². The zero-order valence-electron chi connectivity index (χ0n) is 55.5. The summed E-state index contributed by atoms with van der Waals surface area (Å²) >= 11 is 0. The van der Waals surface area contributed by atoms with Crippen molar-refractivity contribution in [2.75, 3.05) is 72.8 Å². The highest BCUT2D eigenvalue weighted by molar-refractivity contribution is 6.13. The Morgan fingerprint density at radius 1 is 0.747 bits per heavy atom. The molecule has 7 amide bonds. The third-order valence-electron chi connectivity index (χ3n) is 21.4. The molecule has 27 nitrogen and oxygen atoms in total. The minimum absolute atomic E-state index is 0.0121. The fraction of sp³-hybridized carbons (Fsp3) is 0.794. The highest BCUT2D eigenvalue weighted by atomic mass is 16.8. The number of hydrogen-bond acceptors (Lipinski definition) is 21. The lowest BCUT2D eigenvalue weighted by Crippen LogP contribution is -2.61. The third-order valence-corrected chi connectivity index (χ3v) is 21.4. The molecule has 12 rings (SSSR count). The first-order valence-electron chi connectivity index (χ1n) is 34.8. The molecule has 12 aliphatic heterocycles. The topological polar surface area (TPSA) is 339 Å². The van der Waals surface area contributed by atoms with Crippen LogP contribution in [0.5, 0.6) is 0 Å². The summed E-state index contributed by atoms with van der Waals surface area (Å²) in [5.41, 5.74) is 7.35. The first-order valence-corrected chi connectivity index (χ1v) is 34.8. The molecule has 11 saturated heterocycles. The lowest BCUT2D eigenvalue weighted by atomic mass is 9.81. The highest BCUT2D eigenvalue weighted by Crippen LogP contribution is 2.54. The number of nitrogens with zero attached hydrogens (tertiary/aromatic N) is 2. The van der Waals surface area contributed by atoms with Gasteiger partial charge in [0.25, 0.3) is 11.8 Å². The molecule has 27 heteroatoms. The SMILES string of the molecule is C=C1C[C@@H]2CC[C@@]34C[C@H]5OC6C(O[C@H]7CC[C@H](CC(=O)C[C@@H]8[C@@H](OC)[C@@H](C[C@H](O)CNC(=O)[C@H](CCCNC(N)=O)NC(=O)[C@@H](NC(=O)CCN9CCOCC(C(=O)CCN%10C(=O)C=CC%10=O)COCC9)C(C)C)O[C@H]8C[C@H]8O[C@@H](CC[C@@H]1O2)C[C@@H](C)C8=C)O[C@@H]7[C@@H]6O3)[C@H]5O4. The third kappa shape index (κ3) is 17.3. The lowest BCUT2D eigenvalue weighted by Gasteiger charge is -2.47. The van der Waals surface area contributed by atoms with Crippen LogP contribution >= 0.6 is 0 Å². The molecular weight excluding hydrogens is 1230 g/mol. The maximum absolute atomic E-state index is 14.6. The number of nitrogens with one attached hydrogen (secondary N) is 4. The number of primary amides is 1. The summed E-state index contributed by atoms with van der Waals surface area (Å²) in [5, 5.41) is 22.8. The Labute approximate surface area is 555 Å². The molecule has 1 spiro atoms. The molecule has 95 heavy (non-hydrogen) atoms. The Morgan fingerprint density at radius 3 is 2.19 bits per heavy atom. The molecule has 528 valence electrons. The number of carbonyl (C=O) groups excluding carboxylic acids is 8. The Kier molecular flexibility index (Phi) is 23.8. The smallest absolute Gasteiger partial charge is 0.312 e. The maximum Gasteiger partial charge on any atom is 0.312 e. The molecule has 2 unspecified atom stereocenters. The van der Waals surface area contributed by atoms with Crippen molar-refractivity contribution in [3.8, 4) is 0 Å². The zero-order valence-corrected chi connectivity index (χ0v) is 55.5. The van der Waals surface area contributed by atoms with Gasteiger partial charge in [0.05, 0.1) is 99.5 Å². The molecule has 7 N–H and O–H groups in total. The van der Waals surface area contributed by atoms with E-state index in [0.717, 1.165) is 48.2 Å². The number of aliphatic hydroxyl groups is 1. The van der Waals surface area contributed by atoms with Crippen molar-refractivity contribution in [2.24, 2.45) is 29.4 Å². The zero-order chi connectivity index (χ0) is 67.2.